The lowest BCUT2D eigenvalue weighted by Crippen LogP contribution is -2.43. The molecule has 1 saturated heterocycles. The minimum atomic E-state index is -0.404. The van der Waals surface area contributed by atoms with Gasteiger partial charge < -0.3 is 9.84 Å². The second-order valence-electron chi connectivity index (χ2n) is 6.43. The molecule has 3 atom stereocenters. The molecule has 0 spiro atoms. The summed E-state index contributed by atoms with van der Waals surface area (Å²) in [6.07, 6.45) is 1.54. The van der Waals surface area contributed by atoms with E-state index in [0.717, 1.165) is 16.9 Å². The summed E-state index contributed by atoms with van der Waals surface area (Å²) in [7, 11) is 0. The zero-order valence-corrected chi connectivity index (χ0v) is 15.3. The van der Waals surface area contributed by atoms with Crippen LogP contribution in [0.15, 0.2) is 53.6 Å². The Morgan fingerprint density at radius 1 is 1.19 bits per heavy atom. The van der Waals surface area contributed by atoms with Gasteiger partial charge in [-0.3, -0.25) is 4.79 Å². The minimum absolute atomic E-state index is 0.0116. The van der Waals surface area contributed by atoms with Crippen molar-refractivity contribution < 1.29 is 14.6 Å². The molecule has 1 amide bonds. The number of hydrogen-bond donors (Lipinski definition) is 4. The standard InChI is InChI=1S/C20H24N4O3/c1-3-27-17-10-6-15(7-11-17)18-13(2)19(23-22-18)20(26)24-21-12-14-4-8-16(25)9-5-14/h4-13,18-19,22-23,25H,3H2,1-2H3,(H,24,26)/b21-12+. The predicted molar refractivity (Wildman–Crippen MR) is 103 cm³/mol. The number of phenolic OH excluding ortho intramolecular Hbond substituents is 1. The van der Waals surface area contributed by atoms with Crippen molar-refractivity contribution in [2.45, 2.75) is 25.9 Å². The lowest BCUT2D eigenvalue weighted by Gasteiger charge is -2.18. The first-order chi connectivity index (χ1) is 13.1. The van der Waals surface area contributed by atoms with Crippen LogP contribution in [-0.2, 0) is 4.79 Å². The number of ether oxygens (including phenoxy) is 1. The van der Waals surface area contributed by atoms with Crippen LogP contribution >= 0.6 is 0 Å². The van der Waals surface area contributed by atoms with Crippen molar-refractivity contribution in [2.75, 3.05) is 6.61 Å². The summed E-state index contributed by atoms with van der Waals surface area (Å²) in [4.78, 5) is 12.4. The molecule has 3 unspecified atom stereocenters. The van der Waals surface area contributed by atoms with Crippen LogP contribution in [0, 0.1) is 5.92 Å². The maximum atomic E-state index is 12.4. The molecule has 142 valence electrons. The van der Waals surface area contributed by atoms with Gasteiger partial charge in [-0.15, -0.1) is 0 Å². The Hall–Kier alpha value is -2.90. The number of rotatable bonds is 6. The molecule has 1 heterocycles. The number of aromatic hydroxyl groups is 1. The largest absolute Gasteiger partial charge is 0.508 e. The maximum absolute atomic E-state index is 12.4. The van der Waals surface area contributed by atoms with Crippen LogP contribution in [0.2, 0.25) is 0 Å². The Balaban J connectivity index is 1.57. The average molecular weight is 368 g/mol. The van der Waals surface area contributed by atoms with E-state index in [1.807, 2.05) is 38.1 Å². The van der Waals surface area contributed by atoms with Gasteiger partial charge in [0.2, 0.25) is 0 Å². The maximum Gasteiger partial charge on any atom is 0.258 e. The molecule has 1 aliphatic heterocycles. The fourth-order valence-electron chi connectivity index (χ4n) is 3.06. The van der Waals surface area contributed by atoms with Crippen LogP contribution in [0.4, 0.5) is 0 Å². The zero-order valence-electron chi connectivity index (χ0n) is 15.3. The monoisotopic (exact) mass is 368 g/mol. The van der Waals surface area contributed by atoms with Gasteiger partial charge in [-0.05, 0) is 54.4 Å². The Bertz CT molecular complexity index is 790. The number of hydrazine groups is 1. The number of nitrogens with zero attached hydrogens (tertiary/aromatic N) is 1. The smallest absolute Gasteiger partial charge is 0.258 e. The molecule has 2 aromatic carbocycles. The highest BCUT2D eigenvalue weighted by Crippen LogP contribution is 2.29. The number of phenols is 1. The Kier molecular flexibility index (Phi) is 6.05. The molecule has 0 aromatic heterocycles. The highest BCUT2D eigenvalue weighted by molar-refractivity contribution is 5.85. The number of hydrazone groups is 1. The van der Waals surface area contributed by atoms with E-state index in [2.05, 4.69) is 21.4 Å². The summed E-state index contributed by atoms with van der Waals surface area (Å²) < 4.78 is 5.47. The SMILES string of the molecule is CCOc1ccc(C2NNC(C(=O)N/N=C/c3ccc(O)cc3)C2C)cc1. The number of hydrogen-bond acceptors (Lipinski definition) is 6. The number of benzene rings is 2. The molecular weight excluding hydrogens is 344 g/mol. The Labute approximate surface area is 158 Å². The Morgan fingerprint density at radius 2 is 1.89 bits per heavy atom. The highest BCUT2D eigenvalue weighted by Gasteiger charge is 2.37. The van der Waals surface area contributed by atoms with Crippen LogP contribution in [-0.4, -0.2) is 29.9 Å². The number of carbonyl (C=O) groups is 1. The van der Waals surface area contributed by atoms with Gasteiger partial charge in [-0.25, -0.2) is 16.3 Å². The number of nitrogens with one attached hydrogen (secondary N) is 3. The van der Waals surface area contributed by atoms with E-state index in [-0.39, 0.29) is 23.6 Å². The summed E-state index contributed by atoms with van der Waals surface area (Å²) in [5.74, 6) is 0.842. The molecule has 3 rings (SSSR count). The van der Waals surface area contributed by atoms with E-state index in [1.54, 1.807) is 24.3 Å². The summed E-state index contributed by atoms with van der Waals surface area (Å²) in [6.45, 7) is 4.60. The van der Waals surface area contributed by atoms with Gasteiger partial charge in [0, 0.05) is 5.92 Å². The lowest BCUT2D eigenvalue weighted by molar-refractivity contribution is -0.123. The van der Waals surface area contributed by atoms with Crippen LogP contribution in [0.5, 0.6) is 11.5 Å². The van der Waals surface area contributed by atoms with Crippen molar-refractivity contribution >= 4 is 12.1 Å². The van der Waals surface area contributed by atoms with E-state index >= 15 is 0 Å². The second kappa shape index (κ2) is 8.66. The molecule has 27 heavy (non-hydrogen) atoms. The van der Waals surface area contributed by atoms with Crippen LogP contribution in [0.3, 0.4) is 0 Å². The molecule has 2 aromatic rings. The molecular formula is C20H24N4O3. The first-order valence-corrected chi connectivity index (χ1v) is 8.94. The van der Waals surface area contributed by atoms with E-state index in [1.165, 1.54) is 6.21 Å². The van der Waals surface area contributed by atoms with Crippen molar-refractivity contribution in [3.05, 3.63) is 59.7 Å². The average Bonchev–Trinajstić information content (AvgIpc) is 3.06. The van der Waals surface area contributed by atoms with Crippen molar-refractivity contribution in [3.8, 4) is 11.5 Å². The van der Waals surface area contributed by atoms with E-state index < -0.39 is 6.04 Å². The Morgan fingerprint density at radius 3 is 2.56 bits per heavy atom. The van der Waals surface area contributed by atoms with Gasteiger partial charge >= 0.3 is 0 Å². The van der Waals surface area contributed by atoms with Crippen molar-refractivity contribution in [2.24, 2.45) is 11.0 Å². The molecule has 1 fully saturated rings. The van der Waals surface area contributed by atoms with Gasteiger partial charge in [0.05, 0.1) is 18.9 Å². The van der Waals surface area contributed by atoms with Gasteiger partial charge in [0.1, 0.15) is 17.5 Å². The first kappa shape index (κ1) is 18.9. The quantitative estimate of drug-likeness (QED) is 0.463. The second-order valence-corrected chi connectivity index (χ2v) is 6.43. The number of carbonyl (C=O) groups excluding carboxylic acids is 1. The van der Waals surface area contributed by atoms with E-state index in [9.17, 15) is 9.90 Å². The molecule has 0 bridgehead atoms. The lowest BCUT2D eigenvalue weighted by atomic mass is 9.91. The molecule has 0 saturated carbocycles. The highest BCUT2D eigenvalue weighted by atomic mass is 16.5. The number of amides is 1. The summed E-state index contributed by atoms with van der Waals surface area (Å²) >= 11 is 0. The summed E-state index contributed by atoms with van der Waals surface area (Å²) in [5, 5.41) is 13.3. The third-order valence-corrected chi connectivity index (χ3v) is 4.56. The van der Waals surface area contributed by atoms with E-state index in [0.29, 0.717) is 6.61 Å². The minimum Gasteiger partial charge on any atom is -0.508 e. The van der Waals surface area contributed by atoms with Crippen molar-refractivity contribution in [1.29, 1.82) is 0 Å². The normalized spacial score (nSPS) is 22.1. The fourth-order valence-corrected chi connectivity index (χ4v) is 3.06. The van der Waals surface area contributed by atoms with Gasteiger partial charge in [-0.2, -0.15) is 5.10 Å². The van der Waals surface area contributed by atoms with E-state index in [4.69, 9.17) is 4.74 Å². The molecule has 7 nitrogen and oxygen atoms in total. The summed E-state index contributed by atoms with van der Waals surface area (Å²) in [6, 6.07) is 14.0. The molecule has 1 aliphatic rings. The van der Waals surface area contributed by atoms with Crippen LogP contribution < -0.4 is 21.0 Å². The molecule has 0 radical (unpaired) electrons. The first-order valence-electron chi connectivity index (χ1n) is 8.94. The third-order valence-electron chi connectivity index (χ3n) is 4.56. The van der Waals surface area contributed by atoms with Crippen molar-refractivity contribution in [3.63, 3.8) is 0 Å². The molecule has 0 aliphatic carbocycles. The fraction of sp³-hybridized carbons (Fsp3) is 0.300. The topological polar surface area (TPSA) is 95.0 Å². The molecule has 7 heteroatoms. The summed E-state index contributed by atoms with van der Waals surface area (Å²) in [5.41, 5.74) is 10.7. The van der Waals surface area contributed by atoms with Gasteiger partial charge in [0.25, 0.3) is 5.91 Å². The van der Waals surface area contributed by atoms with Gasteiger partial charge in [0.15, 0.2) is 0 Å². The van der Waals surface area contributed by atoms with Crippen LogP contribution in [0.25, 0.3) is 0 Å². The van der Waals surface area contributed by atoms with Crippen molar-refractivity contribution in [1.82, 2.24) is 16.3 Å². The van der Waals surface area contributed by atoms with Gasteiger partial charge in [-0.1, -0.05) is 19.1 Å². The zero-order chi connectivity index (χ0) is 19.2. The third kappa shape index (κ3) is 4.64. The predicted octanol–water partition coefficient (Wildman–Crippen LogP) is 2.09. The van der Waals surface area contributed by atoms with Crippen LogP contribution in [0.1, 0.15) is 31.0 Å². The molecule has 4 N–H and O–H groups in total.